The van der Waals surface area contributed by atoms with E-state index in [2.05, 4.69) is 27.8 Å². The van der Waals surface area contributed by atoms with Gasteiger partial charge in [-0.25, -0.2) is 4.68 Å². The Morgan fingerprint density at radius 3 is 2.62 bits per heavy atom. The number of carbonyl (C=O) groups is 1. The van der Waals surface area contributed by atoms with E-state index in [1.54, 1.807) is 28.9 Å². The number of ether oxygens (including phenoxy) is 1. The SMILES string of the molecule is CCc1ccccc1NC(=O)c1ccc(OCc2nnnn2CC)cc1. The van der Waals surface area contributed by atoms with E-state index in [-0.39, 0.29) is 12.5 Å². The number of carbonyl (C=O) groups excluding carboxylic acids is 1. The zero-order chi connectivity index (χ0) is 18.4. The number of hydrogen-bond donors (Lipinski definition) is 1. The highest BCUT2D eigenvalue weighted by atomic mass is 16.5. The third-order valence-electron chi connectivity index (χ3n) is 4.04. The summed E-state index contributed by atoms with van der Waals surface area (Å²) in [6.07, 6.45) is 0.862. The molecule has 0 aliphatic heterocycles. The fourth-order valence-electron chi connectivity index (χ4n) is 2.57. The minimum atomic E-state index is -0.146. The normalized spacial score (nSPS) is 10.5. The maximum Gasteiger partial charge on any atom is 0.255 e. The molecular weight excluding hydrogens is 330 g/mol. The first kappa shape index (κ1) is 17.6. The summed E-state index contributed by atoms with van der Waals surface area (Å²) >= 11 is 0. The first-order chi connectivity index (χ1) is 12.7. The second-order valence-electron chi connectivity index (χ2n) is 5.69. The van der Waals surface area contributed by atoms with Gasteiger partial charge in [0.25, 0.3) is 5.91 Å². The molecule has 134 valence electrons. The van der Waals surface area contributed by atoms with Crippen molar-refractivity contribution < 1.29 is 9.53 Å². The second kappa shape index (κ2) is 8.24. The number of tetrazole rings is 1. The zero-order valence-corrected chi connectivity index (χ0v) is 14.8. The highest BCUT2D eigenvalue weighted by Gasteiger charge is 2.09. The topological polar surface area (TPSA) is 81.9 Å². The first-order valence-electron chi connectivity index (χ1n) is 8.58. The molecule has 0 radical (unpaired) electrons. The average Bonchev–Trinajstić information content (AvgIpc) is 3.14. The molecule has 0 unspecified atom stereocenters. The summed E-state index contributed by atoms with van der Waals surface area (Å²) in [6.45, 7) is 4.98. The van der Waals surface area contributed by atoms with Crippen LogP contribution in [-0.2, 0) is 19.6 Å². The van der Waals surface area contributed by atoms with Crippen molar-refractivity contribution in [3.63, 3.8) is 0 Å². The van der Waals surface area contributed by atoms with E-state index >= 15 is 0 Å². The fraction of sp³-hybridized carbons (Fsp3) is 0.263. The van der Waals surface area contributed by atoms with Crippen LogP contribution >= 0.6 is 0 Å². The lowest BCUT2D eigenvalue weighted by Crippen LogP contribution is -2.13. The van der Waals surface area contributed by atoms with Crippen LogP contribution in [0.25, 0.3) is 0 Å². The molecule has 1 aromatic heterocycles. The maximum atomic E-state index is 12.4. The van der Waals surface area contributed by atoms with Gasteiger partial charge in [0.15, 0.2) is 5.82 Å². The molecular formula is C19H21N5O2. The number of nitrogens with zero attached hydrogens (tertiary/aromatic N) is 4. The van der Waals surface area contributed by atoms with Gasteiger partial charge in [-0.2, -0.15) is 0 Å². The van der Waals surface area contributed by atoms with E-state index < -0.39 is 0 Å². The van der Waals surface area contributed by atoms with Gasteiger partial charge < -0.3 is 10.1 Å². The Morgan fingerprint density at radius 2 is 1.88 bits per heavy atom. The number of aryl methyl sites for hydroxylation is 2. The molecule has 0 fully saturated rings. The van der Waals surface area contributed by atoms with Crippen molar-refractivity contribution in [3.05, 3.63) is 65.5 Å². The second-order valence-corrected chi connectivity index (χ2v) is 5.69. The predicted octanol–water partition coefficient (Wildman–Crippen LogP) is 3.09. The van der Waals surface area contributed by atoms with E-state index in [9.17, 15) is 4.79 Å². The number of amides is 1. The van der Waals surface area contributed by atoms with Crippen LogP contribution in [0.3, 0.4) is 0 Å². The lowest BCUT2D eigenvalue weighted by atomic mass is 10.1. The number of rotatable bonds is 7. The monoisotopic (exact) mass is 351 g/mol. The third kappa shape index (κ3) is 4.05. The number of aromatic nitrogens is 4. The summed E-state index contributed by atoms with van der Waals surface area (Å²) in [4.78, 5) is 12.4. The number of para-hydroxylation sites is 1. The van der Waals surface area contributed by atoms with Crippen LogP contribution in [0.2, 0.25) is 0 Å². The van der Waals surface area contributed by atoms with Gasteiger partial charge in [0.2, 0.25) is 0 Å². The molecule has 3 rings (SSSR count). The molecule has 0 bridgehead atoms. The van der Waals surface area contributed by atoms with Crippen molar-refractivity contribution in [3.8, 4) is 5.75 Å². The molecule has 7 nitrogen and oxygen atoms in total. The highest BCUT2D eigenvalue weighted by Crippen LogP contribution is 2.18. The van der Waals surface area contributed by atoms with Gasteiger partial charge in [0.05, 0.1) is 0 Å². The number of hydrogen-bond acceptors (Lipinski definition) is 5. The Labute approximate surface area is 152 Å². The Bertz CT molecular complexity index is 874. The van der Waals surface area contributed by atoms with Crippen LogP contribution in [0.5, 0.6) is 5.75 Å². The van der Waals surface area contributed by atoms with Crippen LogP contribution in [0.1, 0.15) is 35.6 Å². The van der Waals surface area contributed by atoms with Crippen molar-refractivity contribution >= 4 is 11.6 Å². The molecule has 1 heterocycles. The Kier molecular flexibility index (Phi) is 5.58. The Hall–Kier alpha value is -3.22. The van der Waals surface area contributed by atoms with Crippen molar-refractivity contribution in [1.29, 1.82) is 0 Å². The average molecular weight is 351 g/mol. The van der Waals surface area contributed by atoms with Gasteiger partial charge in [-0.3, -0.25) is 4.79 Å². The number of anilines is 1. The Morgan fingerprint density at radius 1 is 1.12 bits per heavy atom. The minimum Gasteiger partial charge on any atom is -0.486 e. The molecule has 0 saturated carbocycles. The van der Waals surface area contributed by atoms with Gasteiger partial charge in [-0.15, -0.1) is 5.10 Å². The molecule has 26 heavy (non-hydrogen) atoms. The van der Waals surface area contributed by atoms with Gasteiger partial charge in [0.1, 0.15) is 12.4 Å². The molecule has 0 spiro atoms. The number of nitrogens with one attached hydrogen (secondary N) is 1. The van der Waals surface area contributed by atoms with Crippen LogP contribution in [0.4, 0.5) is 5.69 Å². The predicted molar refractivity (Wildman–Crippen MR) is 98.0 cm³/mol. The van der Waals surface area contributed by atoms with Crippen LogP contribution in [0, 0.1) is 0 Å². The fourth-order valence-corrected chi connectivity index (χ4v) is 2.57. The van der Waals surface area contributed by atoms with E-state index in [1.165, 1.54) is 0 Å². The summed E-state index contributed by atoms with van der Waals surface area (Å²) < 4.78 is 7.36. The standard InChI is InChI=1S/C19H21N5O2/c1-3-14-7-5-6-8-17(14)20-19(25)15-9-11-16(12-10-15)26-13-18-21-22-23-24(18)4-2/h5-12H,3-4,13H2,1-2H3,(H,20,25). The smallest absolute Gasteiger partial charge is 0.255 e. The highest BCUT2D eigenvalue weighted by molar-refractivity contribution is 6.04. The quantitative estimate of drug-likeness (QED) is 0.707. The van der Waals surface area contributed by atoms with E-state index in [1.807, 2.05) is 31.2 Å². The molecule has 0 atom stereocenters. The molecule has 7 heteroatoms. The van der Waals surface area contributed by atoms with E-state index in [0.717, 1.165) is 17.7 Å². The summed E-state index contributed by atoms with van der Waals surface area (Å²) in [6, 6.07) is 14.8. The lowest BCUT2D eigenvalue weighted by Gasteiger charge is -2.10. The van der Waals surface area contributed by atoms with Gasteiger partial charge >= 0.3 is 0 Å². The van der Waals surface area contributed by atoms with Crippen molar-refractivity contribution in [2.75, 3.05) is 5.32 Å². The molecule has 0 aliphatic carbocycles. The lowest BCUT2D eigenvalue weighted by molar-refractivity contribution is 0.102. The first-order valence-corrected chi connectivity index (χ1v) is 8.58. The largest absolute Gasteiger partial charge is 0.486 e. The zero-order valence-electron chi connectivity index (χ0n) is 14.8. The molecule has 1 N–H and O–H groups in total. The summed E-state index contributed by atoms with van der Waals surface area (Å²) in [5, 5.41) is 14.4. The van der Waals surface area contributed by atoms with Crippen molar-refractivity contribution in [2.24, 2.45) is 0 Å². The molecule has 2 aromatic carbocycles. The molecule has 3 aromatic rings. The van der Waals surface area contributed by atoms with Gasteiger partial charge in [0, 0.05) is 17.8 Å². The van der Waals surface area contributed by atoms with Gasteiger partial charge in [-0.1, -0.05) is 25.1 Å². The van der Waals surface area contributed by atoms with Crippen molar-refractivity contribution in [1.82, 2.24) is 20.2 Å². The summed E-state index contributed by atoms with van der Waals surface area (Å²) in [5.74, 6) is 1.17. The van der Waals surface area contributed by atoms with E-state index in [0.29, 0.717) is 23.7 Å². The van der Waals surface area contributed by atoms with Crippen LogP contribution in [-0.4, -0.2) is 26.1 Å². The summed E-state index contributed by atoms with van der Waals surface area (Å²) in [7, 11) is 0. The molecule has 0 aliphatic rings. The van der Waals surface area contributed by atoms with Crippen LogP contribution < -0.4 is 10.1 Å². The Balaban J connectivity index is 1.62. The minimum absolute atomic E-state index is 0.146. The molecule has 0 saturated heterocycles. The number of benzene rings is 2. The maximum absolute atomic E-state index is 12.4. The van der Waals surface area contributed by atoms with Crippen LogP contribution in [0.15, 0.2) is 48.5 Å². The van der Waals surface area contributed by atoms with Crippen molar-refractivity contribution in [2.45, 2.75) is 33.4 Å². The van der Waals surface area contributed by atoms with E-state index in [4.69, 9.17) is 4.74 Å². The third-order valence-corrected chi connectivity index (χ3v) is 4.04. The van der Waals surface area contributed by atoms with Gasteiger partial charge in [-0.05, 0) is 59.7 Å². The summed E-state index contributed by atoms with van der Waals surface area (Å²) in [5.41, 5.74) is 2.52. The molecule has 1 amide bonds.